The van der Waals surface area contributed by atoms with Gasteiger partial charge in [-0.1, -0.05) is 5.92 Å². The minimum absolute atomic E-state index is 0.301. The van der Waals surface area contributed by atoms with Gasteiger partial charge in [0.2, 0.25) is 0 Å². The van der Waals surface area contributed by atoms with Crippen LogP contribution in [0.5, 0.6) is 5.75 Å². The Hall–Kier alpha value is -1.43. The molecule has 0 aromatic carbocycles. The molecule has 3 heteroatoms. The van der Waals surface area contributed by atoms with Gasteiger partial charge in [0.05, 0.1) is 12.4 Å². The van der Waals surface area contributed by atoms with Crippen molar-refractivity contribution in [3.8, 4) is 18.1 Å². The van der Waals surface area contributed by atoms with Gasteiger partial charge in [0, 0.05) is 6.54 Å². The first-order valence-electron chi connectivity index (χ1n) is 3.45. The van der Waals surface area contributed by atoms with Crippen LogP contribution in [-0.4, -0.2) is 16.4 Å². The fraction of sp³-hybridized carbons (Fsp3) is 0.375. The van der Waals surface area contributed by atoms with Crippen LogP contribution in [0.3, 0.4) is 0 Å². The predicted octanol–water partition coefficient (Wildman–Crippen LogP) is 0.915. The van der Waals surface area contributed by atoms with Crippen molar-refractivity contribution in [3.05, 3.63) is 12.4 Å². The summed E-state index contributed by atoms with van der Waals surface area (Å²) >= 11 is 0. The molecule has 0 bridgehead atoms. The molecule has 0 atom stereocenters. The topological polar surface area (TPSA) is 27.1 Å². The Labute approximate surface area is 66.0 Å². The largest absolute Gasteiger partial charge is 0.478 e. The number of nitrogens with zero attached hydrogens (tertiary/aromatic N) is 2. The Morgan fingerprint density at radius 1 is 1.82 bits per heavy atom. The maximum absolute atomic E-state index is 5.12. The molecule has 0 radical (unpaired) electrons. The maximum atomic E-state index is 5.12. The second kappa shape index (κ2) is 3.67. The number of ether oxygens (including phenoxy) is 1. The molecule has 0 aliphatic heterocycles. The van der Waals surface area contributed by atoms with E-state index in [0.29, 0.717) is 6.61 Å². The van der Waals surface area contributed by atoms with E-state index in [0.717, 1.165) is 12.3 Å². The first kappa shape index (κ1) is 7.67. The molecular formula is C8H10N2O. The van der Waals surface area contributed by atoms with Gasteiger partial charge < -0.3 is 4.74 Å². The summed E-state index contributed by atoms with van der Waals surface area (Å²) in [6, 6.07) is 0. The number of rotatable bonds is 3. The first-order valence-corrected chi connectivity index (χ1v) is 3.45. The Balaban J connectivity index is 2.53. The number of aryl methyl sites for hydroxylation is 1. The number of aromatic nitrogens is 2. The van der Waals surface area contributed by atoms with Crippen LogP contribution < -0.4 is 4.74 Å². The highest BCUT2D eigenvalue weighted by Gasteiger charge is 1.94. The summed E-state index contributed by atoms with van der Waals surface area (Å²) in [6.07, 6.45) is 8.48. The average molecular weight is 150 g/mol. The van der Waals surface area contributed by atoms with Crippen LogP contribution in [0.2, 0.25) is 0 Å². The van der Waals surface area contributed by atoms with Gasteiger partial charge >= 0.3 is 0 Å². The quantitative estimate of drug-likeness (QED) is 0.599. The Kier molecular flexibility index (Phi) is 2.56. The lowest BCUT2D eigenvalue weighted by atomic mass is 10.6. The Morgan fingerprint density at radius 2 is 2.64 bits per heavy atom. The fourth-order valence-electron chi connectivity index (χ4n) is 0.717. The lowest BCUT2D eigenvalue weighted by Gasteiger charge is -1.94. The molecule has 1 aromatic rings. The molecule has 58 valence electrons. The van der Waals surface area contributed by atoms with Crippen LogP contribution in [0.15, 0.2) is 12.4 Å². The normalized spacial score (nSPS) is 9.09. The van der Waals surface area contributed by atoms with Crippen molar-refractivity contribution in [2.45, 2.75) is 13.5 Å². The molecule has 1 aromatic heterocycles. The summed E-state index contributed by atoms with van der Waals surface area (Å²) in [7, 11) is 0. The van der Waals surface area contributed by atoms with Crippen molar-refractivity contribution >= 4 is 0 Å². The average Bonchev–Trinajstić information content (AvgIpc) is 2.48. The second-order valence-electron chi connectivity index (χ2n) is 2.02. The summed E-state index contributed by atoms with van der Waals surface area (Å²) in [5.41, 5.74) is 0. The van der Waals surface area contributed by atoms with E-state index in [-0.39, 0.29) is 0 Å². The van der Waals surface area contributed by atoms with Crippen molar-refractivity contribution in [2.75, 3.05) is 6.61 Å². The minimum Gasteiger partial charge on any atom is -0.478 e. The zero-order valence-electron chi connectivity index (χ0n) is 6.45. The van der Waals surface area contributed by atoms with Gasteiger partial charge in [0.25, 0.3) is 0 Å². The molecule has 0 aliphatic carbocycles. The summed E-state index contributed by atoms with van der Waals surface area (Å²) < 4.78 is 6.90. The molecule has 1 heterocycles. The van der Waals surface area contributed by atoms with Crippen LogP contribution in [0.4, 0.5) is 0 Å². The van der Waals surface area contributed by atoms with E-state index in [9.17, 15) is 0 Å². The van der Waals surface area contributed by atoms with Crippen molar-refractivity contribution in [2.24, 2.45) is 0 Å². The van der Waals surface area contributed by atoms with E-state index < -0.39 is 0 Å². The molecule has 0 saturated carbocycles. The smallest absolute Gasteiger partial charge is 0.158 e. The van der Waals surface area contributed by atoms with Gasteiger partial charge in [0.1, 0.15) is 6.61 Å². The van der Waals surface area contributed by atoms with Gasteiger partial charge in [0.15, 0.2) is 5.75 Å². The van der Waals surface area contributed by atoms with Gasteiger partial charge in [-0.3, -0.25) is 4.68 Å². The minimum atomic E-state index is 0.301. The highest BCUT2D eigenvalue weighted by atomic mass is 16.5. The van der Waals surface area contributed by atoms with Crippen LogP contribution in [0.1, 0.15) is 6.92 Å². The molecule has 3 nitrogen and oxygen atoms in total. The molecule has 0 spiro atoms. The van der Waals surface area contributed by atoms with E-state index in [1.807, 2.05) is 13.1 Å². The maximum Gasteiger partial charge on any atom is 0.158 e. The molecule has 0 fully saturated rings. The van der Waals surface area contributed by atoms with Crippen molar-refractivity contribution in [1.82, 2.24) is 9.78 Å². The summed E-state index contributed by atoms with van der Waals surface area (Å²) in [5, 5.41) is 4.01. The molecule has 1 rings (SSSR count). The first-order chi connectivity index (χ1) is 5.36. The summed E-state index contributed by atoms with van der Waals surface area (Å²) in [5.74, 6) is 3.11. The highest BCUT2D eigenvalue weighted by molar-refractivity contribution is 5.12. The lowest BCUT2D eigenvalue weighted by molar-refractivity contribution is 0.370. The van der Waals surface area contributed by atoms with Gasteiger partial charge in [-0.05, 0) is 6.92 Å². The van der Waals surface area contributed by atoms with Gasteiger partial charge in [-0.15, -0.1) is 6.42 Å². The Morgan fingerprint density at radius 3 is 3.18 bits per heavy atom. The molecule has 0 amide bonds. The molecule has 0 saturated heterocycles. The number of terminal acetylenes is 1. The zero-order valence-corrected chi connectivity index (χ0v) is 6.45. The fourth-order valence-corrected chi connectivity index (χ4v) is 0.717. The van der Waals surface area contributed by atoms with E-state index in [1.54, 1.807) is 10.9 Å². The van der Waals surface area contributed by atoms with Crippen LogP contribution in [-0.2, 0) is 6.54 Å². The van der Waals surface area contributed by atoms with Crippen molar-refractivity contribution < 1.29 is 4.74 Å². The van der Waals surface area contributed by atoms with Crippen molar-refractivity contribution in [1.29, 1.82) is 0 Å². The van der Waals surface area contributed by atoms with E-state index in [1.165, 1.54) is 0 Å². The lowest BCUT2D eigenvalue weighted by Crippen LogP contribution is -1.93. The molecule has 0 N–H and O–H groups in total. The molecular weight excluding hydrogens is 140 g/mol. The summed E-state index contributed by atoms with van der Waals surface area (Å²) in [4.78, 5) is 0. The van der Waals surface area contributed by atoms with E-state index >= 15 is 0 Å². The zero-order chi connectivity index (χ0) is 8.10. The number of hydrogen-bond donors (Lipinski definition) is 0. The van der Waals surface area contributed by atoms with E-state index in [4.69, 9.17) is 11.2 Å². The molecule has 11 heavy (non-hydrogen) atoms. The van der Waals surface area contributed by atoms with E-state index in [2.05, 4.69) is 11.0 Å². The molecule has 0 unspecified atom stereocenters. The monoisotopic (exact) mass is 150 g/mol. The highest BCUT2D eigenvalue weighted by Crippen LogP contribution is 2.06. The number of hydrogen-bond acceptors (Lipinski definition) is 2. The SMILES string of the molecule is C#CCOc1cnn(CC)c1. The van der Waals surface area contributed by atoms with Crippen LogP contribution in [0, 0.1) is 12.3 Å². The standard InChI is InChI=1S/C8H10N2O/c1-3-5-11-8-6-9-10(4-2)7-8/h1,6-7H,4-5H2,2H3. The van der Waals surface area contributed by atoms with Gasteiger partial charge in [-0.25, -0.2) is 0 Å². The van der Waals surface area contributed by atoms with Crippen LogP contribution >= 0.6 is 0 Å². The molecule has 0 aliphatic rings. The second-order valence-corrected chi connectivity index (χ2v) is 2.02. The van der Waals surface area contributed by atoms with Gasteiger partial charge in [-0.2, -0.15) is 5.10 Å². The Bertz CT molecular complexity index is 259. The van der Waals surface area contributed by atoms with Crippen LogP contribution in [0.25, 0.3) is 0 Å². The summed E-state index contributed by atoms with van der Waals surface area (Å²) in [6.45, 7) is 3.16. The third-order valence-corrected chi connectivity index (χ3v) is 1.26. The third kappa shape index (κ3) is 2.01. The third-order valence-electron chi connectivity index (χ3n) is 1.26. The predicted molar refractivity (Wildman–Crippen MR) is 42.2 cm³/mol. The van der Waals surface area contributed by atoms with Crippen molar-refractivity contribution in [3.63, 3.8) is 0 Å².